The molecule has 1 heterocycles. The second-order valence-corrected chi connectivity index (χ2v) is 9.76. The van der Waals surface area contributed by atoms with Gasteiger partial charge in [0.2, 0.25) is 5.82 Å². The smallest absolute Gasteiger partial charge is 0.341 e. The normalized spacial score (nSPS) is 15.9. The summed E-state index contributed by atoms with van der Waals surface area (Å²) in [6.07, 6.45) is 2.77. The van der Waals surface area contributed by atoms with Crippen molar-refractivity contribution in [2.75, 3.05) is 10.9 Å². The summed E-state index contributed by atoms with van der Waals surface area (Å²) in [4.78, 5) is 15.4. The van der Waals surface area contributed by atoms with Crippen LogP contribution in [0.3, 0.4) is 0 Å². The molecule has 4 rings (SSSR count). The Morgan fingerprint density at radius 1 is 1.22 bits per heavy atom. The molecule has 0 aliphatic heterocycles. The highest BCUT2D eigenvalue weighted by molar-refractivity contribution is 7.80. The number of pyridine rings is 1. The lowest BCUT2D eigenvalue weighted by Gasteiger charge is -2.34. The van der Waals surface area contributed by atoms with Gasteiger partial charge in [0.15, 0.2) is 18.2 Å². The number of carboxylic acid groups (broad SMARTS) is 1. The molecule has 3 aromatic rings. The number of anilines is 1. The fourth-order valence-electron chi connectivity index (χ4n) is 4.48. The van der Waals surface area contributed by atoms with Gasteiger partial charge >= 0.3 is 5.97 Å². The molecule has 0 saturated carbocycles. The maximum Gasteiger partial charge on any atom is 0.341 e. The van der Waals surface area contributed by atoms with E-state index < -0.39 is 47.3 Å². The predicted octanol–water partition coefficient (Wildman–Crippen LogP) is 5.63. The van der Waals surface area contributed by atoms with E-state index in [4.69, 9.17) is 9.84 Å². The molecule has 2 aromatic carbocycles. The Labute approximate surface area is 210 Å². The van der Waals surface area contributed by atoms with E-state index in [0.717, 1.165) is 21.5 Å². The van der Waals surface area contributed by atoms with Crippen LogP contribution in [0.5, 0.6) is 5.75 Å². The molecule has 7 nitrogen and oxygen atoms in total. The molecule has 0 radical (unpaired) electrons. The SMILES string of the molecule is CC(C)c1cccc(-c2ccc(N(C3CCCc4c3cc(F)c(F)c4OCC(=O)O)S(=O)O)nc2)c1. The van der Waals surface area contributed by atoms with Gasteiger partial charge in [0.05, 0.1) is 6.04 Å². The number of carboxylic acids is 1. The summed E-state index contributed by atoms with van der Waals surface area (Å²) in [5, 5.41) is 8.92. The zero-order chi connectivity index (χ0) is 26.0. The number of aliphatic carboxylic acids is 1. The lowest BCUT2D eigenvalue weighted by atomic mass is 9.86. The monoisotopic (exact) mass is 516 g/mol. The van der Waals surface area contributed by atoms with Crippen molar-refractivity contribution in [2.45, 2.75) is 45.1 Å². The van der Waals surface area contributed by atoms with Crippen LogP contribution in [0, 0.1) is 11.6 Å². The summed E-state index contributed by atoms with van der Waals surface area (Å²) in [7, 11) is 0. The van der Waals surface area contributed by atoms with Crippen LogP contribution in [0.4, 0.5) is 14.6 Å². The maximum absolute atomic E-state index is 14.5. The number of fused-ring (bicyclic) bond motifs is 1. The van der Waals surface area contributed by atoms with Crippen molar-refractivity contribution in [3.8, 4) is 16.9 Å². The summed E-state index contributed by atoms with van der Waals surface area (Å²) >= 11 is -2.53. The van der Waals surface area contributed by atoms with E-state index >= 15 is 0 Å². The number of benzene rings is 2. The van der Waals surface area contributed by atoms with Crippen molar-refractivity contribution >= 4 is 23.1 Å². The second kappa shape index (κ2) is 10.7. The molecule has 0 fully saturated rings. The largest absolute Gasteiger partial charge is 0.479 e. The van der Waals surface area contributed by atoms with Crippen LogP contribution >= 0.6 is 0 Å². The third-order valence-corrected chi connectivity index (χ3v) is 7.01. The van der Waals surface area contributed by atoms with Crippen LogP contribution in [0.25, 0.3) is 11.1 Å². The Balaban J connectivity index is 1.71. The van der Waals surface area contributed by atoms with Gasteiger partial charge in [-0.3, -0.25) is 4.55 Å². The number of nitrogens with zero attached hydrogens (tertiary/aromatic N) is 2. The molecule has 0 bridgehead atoms. The summed E-state index contributed by atoms with van der Waals surface area (Å²) in [6, 6.07) is 11.6. The summed E-state index contributed by atoms with van der Waals surface area (Å²) in [5.74, 6) is -3.77. The minimum absolute atomic E-state index is 0.190. The minimum atomic E-state index is -2.53. The molecule has 10 heteroatoms. The van der Waals surface area contributed by atoms with Crippen LogP contribution in [0.15, 0.2) is 48.7 Å². The first kappa shape index (κ1) is 25.7. The van der Waals surface area contributed by atoms with Gasteiger partial charge in [0.1, 0.15) is 5.82 Å². The molecule has 0 amide bonds. The van der Waals surface area contributed by atoms with E-state index in [1.165, 1.54) is 5.56 Å². The van der Waals surface area contributed by atoms with Gasteiger partial charge in [0, 0.05) is 17.3 Å². The Kier molecular flexibility index (Phi) is 7.65. The third-order valence-electron chi connectivity index (χ3n) is 6.23. The summed E-state index contributed by atoms with van der Waals surface area (Å²) < 4.78 is 57.8. The van der Waals surface area contributed by atoms with Crippen molar-refractivity contribution < 1.29 is 32.2 Å². The fourth-order valence-corrected chi connectivity index (χ4v) is 5.19. The van der Waals surface area contributed by atoms with E-state index in [-0.39, 0.29) is 16.9 Å². The Morgan fingerprint density at radius 2 is 2.00 bits per heavy atom. The highest BCUT2D eigenvalue weighted by Crippen LogP contribution is 2.42. The van der Waals surface area contributed by atoms with Crippen molar-refractivity contribution in [2.24, 2.45) is 0 Å². The number of halogens is 2. The molecule has 0 spiro atoms. The number of aromatic nitrogens is 1. The first-order valence-corrected chi connectivity index (χ1v) is 12.6. The van der Waals surface area contributed by atoms with Gasteiger partial charge < -0.3 is 9.84 Å². The Bertz CT molecular complexity index is 1300. The van der Waals surface area contributed by atoms with Gasteiger partial charge in [-0.25, -0.2) is 22.7 Å². The number of hydrogen-bond acceptors (Lipinski definition) is 4. The molecule has 190 valence electrons. The van der Waals surface area contributed by atoms with Crippen LogP contribution in [0.2, 0.25) is 0 Å². The number of carbonyl (C=O) groups is 1. The van der Waals surface area contributed by atoms with E-state index in [0.29, 0.717) is 25.2 Å². The summed E-state index contributed by atoms with van der Waals surface area (Å²) in [5.41, 5.74) is 3.50. The first-order valence-electron chi connectivity index (χ1n) is 11.5. The molecule has 36 heavy (non-hydrogen) atoms. The van der Waals surface area contributed by atoms with Crippen molar-refractivity contribution in [1.29, 1.82) is 0 Å². The molecular weight excluding hydrogens is 490 g/mol. The predicted molar refractivity (Wildman–Crippen MR) is 132 cm³/mol. The lowest BCUT2D eigenvalue weighted by molar-refractivity contribution is -0.139. The molecule has 2 atom stereocenters. The van der Waals surface area contributed by atoms with Gasteiger partial charge in [-0.15, -0.1) is 0 Å². The Morgan fingerprint density at radius 3 is 2.64 bits per heavy atom. The van der Waals surface area contributed by atoms with Crippen LogP contribution in [0.1, 0.15) is 55.3 Å². The van der Waals surface area contributed by atoms with E-state index in [1.807, 2.05) is 18.2 Å². The van der Waals surface area contributed by atoms with Gasteiger partial charge in [-0.1, -0.05) is 38.1 Å². The third kappa shape index (κ3) is 5.24. The number of rotatable bonds is 8. The quantitative estimate of drug-likeness (QED) is 0.376. The average Bonchev–Trinajstić information content (AvgIpc) is 2.85. The van der Waals surface area contributed by atoms with Gasteiger partial charge in [-0.05, 0) is 60.1 Å². The van der Waals surface area contributed by atoms with Crippen LogP contribution < -0.4 is 9.04 Å². The van der Waals surface area contributed by atoms with Crippen LogP contribution in [-0.2, 0) is 22.5 Å². The van der Waals surface area contributed by atoms with E-state index in [1.54, 1.807) is 18.3 Å². The summed E-state index contributed by atoms with van der Waals surface area (Å²) in [6.45, 7) is 3.36. The lowest BCUT2D eigenvalue weighted by Crippen LogP contribution is -2.34. The zero-order valence-corrected chi connectivity index (χ0v) is 20.6. The second-order valence-electron chi connectivity index (χ2n) is 8.90. The van der Waals surface area contributed by atoms with Crippen molar-refractivity contribution in [3.63, 3.8) is 0 Å². The first-order chi connectivity index (χ1) is 17.2. The van der Waals surface area contributed by atoms with Crippen molar-refractivity contribution in [3.05, 3.63) is 77.0 Å². The fraction of sp³-hybridized carbons (Fsp3) is 0.308. The highest BCUT2D eigenvalue weighted by Gasteiger charge is 2.34. The van der Waals surface area contributed by atoms with E-state index in [2.05, 4.69) is 24.9 Å². The van der Waals surface area contributed by atoms with Crippen molar-refractivity contribution in [1.82, 2.24) is 4.98 Å². The molecule has 2 N–H and O–H groups in total. The van der Waals surface area contributed by atoms with Crippen LogP contribution in [-0.4, -0.2) is 31.4 Å². The zero-order valence-electron chi connectivity index (χ0n) is 19.8. The molecular formula is C26H26F2N2O5S. The Hall–Kier alpha value is -3.37. The maximum atomic E-state index is 14.5. The standard InChI is InChI=1S/C26H26F2N2O5S/c1-15(2)16-5-3-6-17(11-16)18-9-10-23(29-13-18)30(36(33)34)22-8-4-7-19-20(22)12-21(27)25(28)26(19)35-14-24(31)32/h3,5-6,9-13,15,22H,4,7-8,14H2,1-2H3,(H,31,32)(H,33,34). The number of hydrogen-bond donors (Lipinski definition) is 2. The van der Waals surface area contributed by atoms with E-state index in [9.17, 15) is 22.3 Å². The molecule has 2 unspecified atom stereocenters. The van der Waals surface area contributed by atoms with Gasteiger partial charge in [-0.2, -0.15) is 4.39 Å². The average molecular weight is 517 g/mol. The molecule has 0 saturated heterocycles. The number of ether oxygens (including phenoxy) is 1. The molecule has 1 aliphatic carbocycles. The minimum Gasteiger partial charge on any atom is -0.479 e. The highest BCUT2D eigenvalue weighted by atomic mass is 32.2. The van der Waals surface area contributed by atoms with Gasteiger partial charge in [0.25, 0.3) is 11.3 Å². The topological polar surface area (TPSA) is 100.0 Å². The molecule has 1 aliphatic rings. The molecule has 1 aromatic heterocycles.